The second-order valence-electron chi connectivity index (χ2n) is 3.84. The van der Waals surface area contributed by atoms with Gasteiger partial charge in [-0.25, -0.2) is 0 Å². The van der Waals surface area contributed by atoms with Crippen molar-refractivity contribution in [3.8, 4) is 0 Å². The number of hydrogen-bond acceptors (Lipinski definition) is 2. The lowest BCUT2D eigenvalue weighted by Crippen LogP contribution is -2.42. The fourth-order valence-corrected chi connectivity index (χ4v) is 1.91. The van der Waals surface area contributed by atoms with E-state index in [1.807, 2.05) is 13.1 Å². The Morgan fingerprint density at radius 1 is 1.69 bits per heavy atom. The zero-order chi connectivity index (χ0) is 9.84. The number of nitrogens with zero attached hydrogens (tertiary/aromatic N) is 1. The van der Waals surface area contributed by atoms with Crippen molar-refractivity contribution in [2.24, 2.45) is 0 Å². The molecule has 1 N–H and O–H groups in total. The lowest BCUT2D eigenvalue weighted by atomic mass is 9.95. The lowest BCUT2D eigenvalue weighted by molar-refractivity contribution is 0.241. The average Bonchev–Trinajstić information content (AvgIpc) is 2.10. The molecule has 0 saturated heterocycles. The van der Waals surface area contributed by atoms with Crippen LogP contribution in [0.15, 0.2) is 23.8 Å². The topological polar surface area (TPSA) is 15.3 Å². The predicted octanol–water partition coefficient (Wildman–Crippen LogP) is 1.41. The first kappa shape index (κ1) is 10.5. The van der Waals surface area contributed by atoms with Gasteiger partial charge in [-0.05, 0) is 33.0 Å². The summed E-state index contributed by atoms with van der Waals surface area (Å²) in [5, 5.41) is 3.23. The maximum atomic E-state index is 3.86. The monoisotopic (exact) mass is 180 g/mol. The Labute approximate surface area is 81.3 Å². The summed E-state index contributed by atoms with van der Waals surface area (Å²) in [7, 11) is 4.19. The van der Waals surface area contributed by atoms with Crippen molar-refractivity contribution < 1.29 is 0 Å². The van der Waals surface area contributed by atoms with Crippen molar-refractivity contribution in [2.75, 3.05) is 27.2 Å². The van der Waals surface area contributed by atoms with Crippen LogP contribution >= 0.6 is 0 Å². The molecule has 0 spiro atoms. The van der Waals surface area contributed by atoms with E-state index >= 15 is 0 Å². The van der Waals surface area contributed by atoms with Crippen LogP contribution in [0, 0.1) is 0 Å². The Morgan fingerprint density at radius 3 is 2.92 bits per heavy atom. The van der Waals surface area contributed by atoms with E-state index in [4.69, 9.17) is 0 Å². The van der Waals surface area contributed by atoms with Crippen LogP contribution in [-0.4, -0.2) is 38.1 Å². The molecule has 1 atom stereocenters. The van der Waals surface area contributed by atoms with Crippen LogP contribution in [0.5, 0.6) is 0 Å². The fraction of sp³-hybridized carbons (Fsp3) is 0.636. The molecule has 1 rings (SSSR count). The van der Waals surface area contributed by atoms with E-state index < -0.39 is 0 Å². The van der Waals surface area contributed by atoms with Gasteiger partial charge in [-0.2, -0.15) is 0 Å². The molecule has 0 aliphatic carbocycles. The van der Waals surface area contributed by atoms with Crippen LogP contribution in [0.1, 0.15) is 13.3 Å². The quantitative estimate of drug-likeness (QED) is 0.706. The largest absolute Gasteiger partial charge is 0.318 e. The minimum atomic E-state index is 0.627. The van der Waals surface area contributed by atoms with E-state index in [0.717, 1.165) is 19.5 Å². The van der Waals surface area contributed by atoms with Crippen molar-refractivity contribution in [1.82, 2.24) is 10.2 Å². The summed E-state index contributed by atoms with van der Waals surface area (Å²) in [6.45, 7) is 8.19. The second-order valence-corrected chi connectivity index (χ2v) is 3.84. The molecule has 74 valence electrons. The van der Waals surface area contributed by atoms with Crippen molar-refractivity contribution in [3.63, 3.8) is 0 Å². The maximum absolute atomic E-state index is 3.86. The van der Waals surface area contributed by atoms with E-state index in [0.29, 0.717) is 6.04 Å². The van der Waals surface area contributed by atoms with E-state index in [9.17, 15) is 0 Å². The summed E-state index contributed by atoms with van der Waals surface area (Å²) in [5.74, 6) is 0. The van der Waals surface area contributed by atoms with Crippen molar-refractivity contribution in [3.05, 3.63) is 23.8 Å². The highest BCUT2D eigenvalue weighted by Crippen LogP contribution is 2.21. The summed E-state index contributed by atoms with van der Waals surface area (Å²) in [6.07, 6.45) is 3.14. The Morgan fingerprint density at radius 2 is 2.38 bits per heavy atom. The molecular formula is C11H20N2. The Balaban J connectivity index is 2.69. The van der Waals surface area contributed by atoms with Gasteiger partial charge in [0.1, 0.15) is 0 Å². The van der Waals surface area contributed by atoms with Gasteiger partial charge >= 0.3 is 0 Å². The molecule has 0 amide bonds. The first-order valence-corrected chi connectivity index (χ1v) is 4.85. The number of likely N-dealkylation sites (N-methyl/N-ethyl adjacent to an activating group) is 2. The fourth-order valence-electron chi connectivity index (χ4n) is 1.91. The summed E-state index contributed by atoms with van der Waals surface area (Å²) < 4.78 is 0. The zero-order valence-corrected chi connectivity index (χ0v) is 8.93. The van der Waals surface area contributed by atoms with Crippen LogP contribution in [0.25, 0.3) is 0 Å². The van der Waals surface area contributed by atoms with Crippen LogP contribution in [0.3, 0.4) is 0 Å². The van der Waals surface area contributed by atoms with E-state index in [1.165, 1.54) is 11.1 Å². The lowest BCUT2D eigenvalue weighted by Gasteiger charge is -2.34. The van der Waals surface area contributed by atoms with Gasteiger partial charge in [-0.1, -0.05) is 18.2 Å². The molecule has 0 aromatic carbocycles. The van der Waals surface area contributed by atoms with Crippen LogP contribution in [0.4, 0.5) is 0 Å². The van der Waals surface area contributed by atoms with Crippen molar-refractivity contribution in [2.45, 2.75) is 19.4 Å². The van der Waals surface area contributed by atoms with Gasteiger partial charge in [0.2, 0.25) is 0 Å². The van der Waals surface area contributed by atoms with E-state index in [2.05, 4.69) is 30.8 Å². The molecule has 0 saturated carbocycles. The Kier molecular flexibility index (Phi) is 3.70. The molecule has 0 fully saturated rings. The van der Waals surface area contributed by atoms with Gasteiger partial charge in [0.05, 0.1) is 0 Å². The van der Waals surface area contributed by atoms with Gasteiger partial charge in [0, 0.05) is 19.1 Å². The molecule has 0 aromatic rings. The third kappa shape index (κ3) is 2.42. The molecule has 2 nitrogen and oxygen atoms in total. The molecule has 1 unspecified atom stereocenters. The number of nitrogens with one attached hydrogen (secondary N) is 1. The molecule has 2 heteroatoms. The SMILES string of the molecule is C=CC1=C(C)CN(C)C(CNC)C1. The Hall–Kier alpha value is -0.600. The molecule has 0 bridgehead atoms. The smallest absolute Gasteiger partial charge is 0.0261 e. The number of allylic oxidation sites excluding steroid dienone is 1. The molecule has 13 heavy (non-hydrogen) atoms. The zero-order valence-electron chi connectivity index (χ0n) is 8.93. The highest BCUT2D eigenvalue weighted by Gasteiger charge is 2.21. The van der Waals surface area contributed by atoms with Gasteiger partial charge in [0.15, 0.2) is 0 Å². The molecule has 0 radical (unpaired) electrons. The number of hydrogen-bond donors (Lipinski definition) is 1. The van der Waals surface area contributed by atoms with Crippen LogP contribution in [0.2, 0.25) is 0 Å². The molecule has 1 aliphatic rings. The second kappa shape index (κ2) is 4.58. The number of rotatable bonds is 3. The summed E-state index contributed by atoms with van der Waals surface area (Å²) in [6, 6.07) is 0.627. The van der Waals surface area contributed by atoms with Gasteiger partial charge in [-0.15, -0.1) is 0 Å². The Bertz CT molecular complexity index is 218. The minimum Gasteiger partial charge on any atom is -0.318 e. The van der Waals surface area contributed by atoms with Gasteiger partial charge in [0.25, 0.3) is 0 Å². The summed E-state index contributed by atoms with van der Waals surface area (Å²) in [5.41, 5.74) is 2.89. The molecule has 1 heterocycles. The van der Waals surface area contributed by atoms with Crippen LogP contribution in [-0.2, 0) is 0 Å². The third-order valence-electron chi connectivity index (χ3n) is 2.80. The summed E-state index contributed by atoms with van der Waals surface area (Å²) >= 11 is 0. The highest BCUT2D eigenvalue weighted by molar-refractivity contribution is 5.27. The first-order valence-electron chi connectivity index (χ1n) is 4.85. The standard InChI is InChI=1S/C11H20N2/c1-5-10-6-11(7-12-3)13(4)8-9(10)2/h5,11-12H,1,6-8H2,2-4H3. The normalized spacial score (nSPS) is 25.0. The highest BCUT2D eigenvalue weighted by atomic mass is 15.1. The maximum Gasteiger partial charge on any atom is 0.0261 e. The predicted molar refractivity (Wildman–Crippen MR) is 57.9 cm³/mol. The van der Waals surface area contributed by atoms with Gasteiger partial charge < -0.3 is 5.32 Å². The summed E-state index contributed by atoms with van der Waals surface area (Å²) in [4.78, 5) is 2.40. The molecule has 0 aromatic heterocycles. The van der Waals surface area contributed by atoms with E-state index in [1.54, 1.807) is 0 Å². The van der Waals surface area contributed by atoms with Crippen LogP contribution < -0.4 is 5.32 Å². The average molecular weight is 180 g/mol. The van der Waals surface area contributed by atoms with Gasteiger partial charge in [-0.3, -0.25) is 4.90 Å². The van der Waals surface area contributed by atoms with Crippen molar-refractivity contribution >= 4 is 0 Å². The van der Waals surface area contributed by atoms with E-state index in [-0.39, 0.29) is 0 Å². The van der Waals surface area contributed by atoms with Crippen molar-refractivity contribution in [1.29, 1.82) is 0 Å². The minimum absolute atomic E-state index is 0.627. The molecular weight excluding hydrogens is 160 g/mol. The first-order chi connectivity index (χ1) is 6.19. The third-order valence-corrected chi connectivity index (χ3v) is 2.80. The molecule has 1 aliphatic heterocycles.